The van der Waals surface area contributed by atoms with Crippen molar-refractivity contribution < 1.29 is 5.11 Å². The van der Waals surface area contributed by atoms with Crippen LogP contribution in [0.3, 0.4) is 0 Å². The zero-order chi connectivity index (χ0) is 10.7. The lowest BCUT2D eigenvalue weighted by molar-refractivity contribution is 0.0782. The SMILES string of the molecule is CC(O)C(C)N(C)CC1CCN(C)C1. The molecule has 1 aliphatic rings. The molecule has 1 fully saturated rings. The van der Waals surface area contributed by atoms with Crippen LogP contribution in [-0.4, -0.2) is 60.8 Å². The van der Waals surface area contributed by atoms with Gasteiger partial charge in [-0.25, -0.2) is 0 Å². The first-order valence-electron chi connectivity index (χ1n) is 5.57. The first-order chi connectivity index (χ1) is 6.50. The smallest absolute Gasteiger partial charge is 0.0664 e. The molecule has 1 rings (SSSR count). The van der Waals surface area contributed by atoms with Crippen molar-refractivity contribution in [3.05, 3.63) is 0 Å². The number of rotatable bonds is 4. The molecule has 1 N–H and O–H groups in total. The minimum atomic E-state index is -0.237. The van der Waals surface area contributed by atoms with E-state index in [0.717, 1.165) is 12.5 Å². The zero-order valence-corrected chi connectivity index (χ0v) is 9.90. The quantitative estimate of drug-likeness (QED) is 0.721. The van der Waals surface area contributed by atoms with Gasteiger partial charge in [0.1, 0.15) is 0 Å². The van der Waals surface area contributed by atoms with Crippen molar-refractivity contribution in [1.82, 2.24) is 9.80 Å². The van der Waals surface area contributed by atoms with Crippen LogP contribution in [0.25, 0.3) is 0 Å². The van der Waals surface area contributed by atoms with E-state index in [1.165, 1.54) is 19.5 Å². The van der Waals surface area contributed by atoms with Crippen LogP contribution in [-0.2, 0) is 0 Å². The van der Waals surface area contributed by atoms with Gasteiger partial charge in [0.2, 0.25) is 0 Å². The molecule has 84 valence electrons. The molecule has 0 aromatic heterocycles. The summed E-state index contributed by atoms with van der Waals surface area (Å²) in [6.45, 7) is 7.49. The number of hydrogen-bond donors (Lipinski definition) is 1. The molecule has 0 bridgehead atoms. The normalized spacial score (nSPS) is 28.3. The number of likely N-dealkylation sites (N-methyl/N-ethyl adjacent to an activating group) is 1. The molecule has 3 nitrogen and oxygen atoms in total. The molecule has 0 saturated carbocycles. The van der Waals surface area contributed by atoms with E-state index in [1.807, 2.05) is 6.92 Å². The molecule has 1 heterocycles. The van der Waals surface area contributed by atoms with Crippen molar-refractivity contribution in [2.24, 2.45) is 5.92 Å². The van der Waals surface area contributed by atoms with Crippen molar-refractivity contribution in [1.29, 1.82) is 0 Å². The largest absolute Gasteiger partial charge is 0.392 e. The minimum Gasteiger partial charge on any atom is -0.392 e. The van der Waals surface area contributed by atoms with Gasteiger partial charge in [-0.2, -0.15) is 0 Å². The highest BCUT2D eigenvalue weighted by atomic mass is 16.3. The predicted octanol–water partition coefficient (Wildman–Crippen LogP) is 0.639. The topological polar surface area (TPSA) is 26.7 Å². The minimum absolute atomic E-state index is 0.237. The first-order valence-corrected chi connectivity index (χ1v) is 5.57. The molecular formula is C11H24N2O. The van der Waals surface area contributed by atoms with Gasteiger partial charge in [-0.1, -0.05) is 0 Å². The number of hydrogen-bond acceptors (Lipinski definition) is 3. The maximum atomic E-state index is 9.47. The average Bonchev–Trinajstić information content (AvgIpc) is 2.49. The molecule has 1 saturated heterocycles. The monoisotopic (exact) mass is 200 g/mol. The summed E-state index contributed by atoms with van der Waals surface area (Å²) in [5.41, 5.74) is 0. The van der Waals surface area contributed by atoms with Gasteiger partial charge in [0.25, 0.3) is 0 Å². The summed E-state index contributed by atoms with van der Waals surface area (Å²) < 4.78 is 0. The summed E-state index contributed by atoms with van der Waals surface area (Å²) in [7, 11) is 4.29. The van der Waals surface area contributed by atoms with Crippen molar-refractivity contribution in [2.45, 2.75) is 32.4 Å². The molecule has 3 heteroatoms. The van der Waals surface area contributed by atoms with Crippen molar-refractivity contribution >= 4 is 0 Å². The molecule has 0 aliphatic carbocycles. The molecule has 3 unspecified atom stereocenters. The first kappa shape index (κ1) is 12.0. The van der Waals surface area contributed by atoms with E-state index < -0.39 is 0 Å². The van der Waals surface area contributed by atoms with E-state index in [-0.39, 0.29) is 12.1 Å². The molecule has 14 heavy (non-hydrogen) atoms. The highest BCUT2D eigenvalue weighted by Gasteiger charge is 2.23. The number of aliphatic hydroxyl groups excluding tert-OH is 1. The van der Waals surface area contributed by atoms with Gasteiger partial charge < -0.3 is 14.9 Å². The predicted molar refractivity (Wildman–Crippen MR) is 59.4 cm³/mol. The lowest BCUT2D eigenvalue weighted by atomic mass is 10.1. The van der Waals surface area contributed by atoms with Gasteiger partial charge in [0, 0.05) is 19.1 Å². The molecule has 3 atom stereocenters. The van der Waals surface area contributed by atoms with Gasteiger partial charge in [0.05, 0.1) is 6.10 Å². The third-order valence-corrected chi connectivity index (χ3v) is 3.43. The molecule has 0 aromatic carbocycles. The Kier molecular flexibility index (Phi) is 4.35. The highest BCUT2D eigenvalue weighted by Crippen LogP contribution is 2.16. The van der Waals surface area contributed by atoms with E-state index in [1.54, 1.807) is 0 Å². The second-order valence-corrected chi connectivity index (χ2v) is 4.84. The van der Waals surface area contributed by atoms with Gasteiger partial charge in [-0.05, 0) is 46.8 Å². The van der Waals surface area contributed by atoms with Crippen LogP contribution in [0.4, 0.5) is 0 Å². The Balaban J connectivity index is 2.29. The van der Waals surface area contributed by atoms with Crippen LogP contribution >= 0.6 is 0 Å². The number of nitrogens with zero attached hydrogens (tertiary/aromatic N) is 2. The Morgan fingerprint density at radius 1 is 1.50 bits per heavy atom. The highest BCUT2D eigenvalue weighted by molar-refractivity contribution is 4.78. The van der Waals surface area contributed by atoms with Crippen LogP contribution in [0.5, 0.6) is 0 Å². The van der Waals surface area contributed by atoms with Gasteiger partial charge >= 0.3 is 0 Å². The van der Waals surface area contributed by atoms with E-state index in [0.29, 0.717) is 0 Å². The lowest BCUT2D eigenvalue weighted by Crippen LogP contribution is -2.40. The Hall–Kier alpha value is -0.120. The summed E-state index contributed by atoms with van der Waals surface area (Å²) in [6.07, 6.45) is 1.06. The van der Waals surface area contributed by atoms with Crippen LogP contribution in [0, 0.1) is 5.92 Å². The lowest BCUT2D eigenvalue weighted by Gasteiger charge is -2.29. The molecule has 0 amide bonds. The zero-order valence-electron chi connectivity index (χ0n) is 9.90. The second kappa shape index (κ2) is 5.10. The van der Waals surface area contributed by atoms with Gasteiger partial charge in [0.15, 0.2) is 0 Å². The summed E-state index contributed by atoms with van der Waals surface area (Å²) in [5.74, 6) is 0.784. The van der Waals surface area contributed by atoms with E-state index in [2.05, 4.69) is 30.8 Å². The van der Waals surface area contributed by atoms with Crippen molar-refractivity contribution in [3.8, 4) is 0 Å². The third kappa shape index (κ3) is 3.23. The maximum Gasteiger partial charge on any atom is 0.0664 e. The second-order valence-electron chi connectivity index (χ2n) is 4.84. The Morgan fingerprint density at radius 3 is 2.57 bits per heavy atom. The van der Waals surface area contributed by atoms with Crippen molar-refractivity contribution in [2.75, 3.05) is 33.7 Å². The molecule has 0 radical (unpaired) electrons. The Morgan fingerprint density at radius 2 is 2.14 bits per heavy atom. The van der Waals surface area contributed by atoms with Crippen LogP contribution in [0.2, 0.25) is 0 Å². The summed E-state index contributed by atoms with van der Waals surface area (Å²) in [4.78, 5) is 4.65. The maximum absolute atomic E-state index is 9.47. The van der Waals surface area contributed by atoms with E-state index in [9.17, 15) is 5.11 Å². The van der Waals surface area contributed by atoms with E-state index >= 15 is 0 Å². The van der Waals surface area contributed by atoms with Crippen LogP contribution in [0.15, 0.2) is 0 Å². The Labute approximate surface area is 87.7 Å². The van der Waals surface area contributed by atoms with Crippen molar-refractivity contribution in [3.63, 3.8) is 0 Å². The van der Waals surface area contributed by atoms with Gasteiger partial charge in [-0.15, -0.1) is 0 Å². The van der Waals surface area contributed by atoms with Gasteiger partial charge in [-0.3, -0.25) is 0 Å². The molecule has 1 aliphatic heterocycles. The summed E-state index contributed by atoms with van der Waals surface area (Å²) in [6, 6.07) is 0.265. The molecular weight excluding hydrogens is 176 g/mol. The fraction of sp³-hybridized carbons (Fsp3) is 1.00. The molecule has 0 spiro atoms. The van der Waals surface area contributed by atoms with E-state index in [4.69, 9.17) is 0 Å². The fourth-order valence-electron chi connectivity index (χ4n) is 2.12. The standard InChI is InChI=1S/C11H24N2O/c1-9(10(2)14)13(4)8-11-5-6-12(3)7-11/h9-11,14H,5-8H2,1-4H3. The van der Waals surface area contributed by atoms with Crippen LogP contribution < -0.4 is 0 Å². The summed E-state index contributed by atoms with van der Waals surface area (Å²) >= 11 is 0. The Bertz CT molecular complexity index is 173. The molecule has 0 aromatic rings. The van der Waals surface area contributed by atoms with Crippen LogP contribution in [0.1, 0.15) is 20.3 Å². The average molecular weight is 200 g/mol. The number of likely N-dealkylation sites (tertiary alicyclic amines) is 1. The fourth-order valence-corrected chi connectivity index (χ4v) is 2.12. The third-order valence-electron chi connectivity index (χ3n) is 3.43. The summed E-state index contributed by atoms with van der Waals surface area (Å²) in [5, 5.41) is 9.47. The number of aliphatic hydroxyl groups is 1.